The number of fused-ring (bicyclic) bond motifs is 1. The first-order chi connectivity index (χ1) is 9.22. The molecule has 19 heavy (non-hydrogen) atoms. The summed E-state index contributed by atoms with van der Waals surface area (Å²) in [6.07, 6.45) is 2.94. The predicted octanol–water partition coefficient (Wildman–Crippen LogP) is 1.97. The molecule has 3 rings (SSSR count). The Kier molecular flexibility index (Phi) is 3.03. The highest BCUT2D eigenvalue weighted by atomic mass is 16.5. The fourth-order valence-electron chi connectivity index (χ4n) is 2.75. The summed E-state index contributed by atoms with van der Waals surface area (Å²) in [7, 11) is 3.95. The molecule has 4 heteroatoms. The third kappa shape index (κ3) is 1.92. The van der Waals surface area contributed by atoms with Crippen LogP contribution in [0.25, 0.3) is 0 Å². The van der Waals surface area contributed by atoms with Crippen molar-refractivity contribution in [2.75, 3.05) is 13.7 Å². The minimum atomic E-state index is 0.127. The van der Waals surface area contributed by atoms with Crippen LogP contribution in [-0.2, 0) is 13.5 Å². The van der Waals surface area contributed by atoms with Crippen molar-refractivity contribution in [2.45, 2.75) is 19.4 Å². The van der Waals surface area contributed by atoms with Crippen molar-refractivity contribution in [1.82, 2.24) is 15.1 Å². The molecule has 0 bridgehead atoms. The van der Waals surface area contributed by atoms with E-state index in [2.05, 4.69) is 35.5 Å². The van der Waals surface area contributed by atoms with E-state index in [0.717, 1.165) is 18.8 Å². The zero-order valence-corrected chi connectivity index (χ0v) is 11.6. The monoisotopic (exact) mass is 257 g/mol. The molecular formula is C15H19N3O. The molecule has 1 unspecified atom stereocenters. The quantitative estimate of drug-likeness (QED) is 0.913. The number of nitrogens with zero attached hydrogens (tertiary/aromatic N) is 2. The summed E-state index contributed by atoms with van der Waals surface area (Å²) < 4.78 is 7.72. The highest BCUT2D eigenvalue weighted by Crippen LogP contribution is 2.36. The Bertz CT molecular complexity index is 603. The van der Waals surface area contributed by atoms with Crippen LogP contribution in [0.1, 0.15) is 28.4 Å². The van der Waals surface area contributed by atoms with E-state index in [1.807, 2.05) is 25.0 Å². The van der Waals surface area contributed by atoms with E-state index in [0.29, 0.717) is 0 Å². The summed E-state index contributed by atoms with van der Waals surface area (Å²) in [5.41, 5.74) is 4.89. The van der Waals surface area contributed by atoms with Crippen LogP contribution in [0.4, 0.5) is 0 Å². The zero-order chi connectivity index (χ0) is 13.4. The Balaban J connectivity index is 2.09. The number of benzene rings is 1. The molecule has 4 nitrogen and oxygen atoms in total. The van der Waals surface area contributed by atoms with E-state index in [1.165, 1.54) is 22.4 Å². The van der Waals surface area contributed by atoms with Gasteiger partial charge in [0.05, 0.1) is 18.8 Å². The van der Waals surface area contributed by atoms with Crippen LogP contribution in [-0.4, -0.2) is 23.4 Å². The molecule has 0 radical (unpaired) electrons. The van der Waals surface area contributed by atoms with Gasteiger partial charge in [-0.1, -0.05) is 18.2 Å². The molecule has 1 aliphatic heterocycles. The Morgan fingerprint density at radius 1 is 1.37 bits per heavy atom. The minimum absolute atomic E-state index is 0.127. The number of hydrogen-bond donors (Lipinski definition) is 1. The van der Waals surface area contributed by atoms with E-state index < -0.39 is 0 Å². The number of para-hydroxylation sites is 1. The number of aromatic nitrogens is 2. The van der Waals surface area contributed by atoms with Gasteiger partial charge in [-0.15, -0.1) is 0 Å². The SMILES string of the molecule is CNC(c1cccc2c1OCC2)c1cnn(C)c1C. The first kappa shape index (κ1) is 12.2. The second kappa shape index (κ2) is 4.70. The van der Waals surface area contributed by atoms with Crippen molar-refractivity contribution in [2.24, 2.45) is 7.05 Å². The predicted molar refractivity (Wildman–Crippen MR) is 74.5 cm³/mol. The lowest BCUT2D eigenvalue weighted by molar-refractivity contribution is 0.351. The zero-order valence-electron chi connectivity index (χ0n) is 11.6. The summed E-state index contributed by atoms with van der Waals surface area (Å²) in [6.45, 7) is 2.88. The number of rotatable bonds is 3. The van der Waals surface area contributed by atoms with Crippen LogP contribution in [0.3, 0.4) is 0 Å². The molecule has 100 valence electrons. The highest BCUT2D eigenvalue weighted by molar-refractivity contribution is 5.49. The third-order valence-electron chi connectivity index (χ3n) is 3.93. The minimum Gasteiger partial charge on any atom is -0.493 e. The summed E-state index contributed by atoms with van der Waals surface area (Å²) >= 11 is 0. The van der Waals surface area contributed by atoms with Crippen molar-refractivity contribution in [3.63, 3.8) is 0 Å². The number of hydrogen-bond acceptors (Lipinski definition) is 3. The molecule has 1 aliphatic rings. The largest absolute Gasteiger partial charge is 0.493 e. The van der Waals surface area contributed by atoms with Crippen LogP contribution >= 0.6 is 0 Å². The van der Waals surface area contributed by atoms with Gasteiger partial charge in [0.25, 0.3) is 0 Å². The second-order valence-electron chi connectivity index (χ2n) is 4.96. The van der Waals surface area contributed by atoms with Gasteiger partial charge >= 0.3 is 0 Å². The van der Waals surface area contributed by atoms with Crippen molar-refractivity contribution >= 4 is 0 Å². The summed E-state index contributed by atoms with van der Waals surface area (Å²) in [4.78, 5) is 0. The third-order valence-corrected chi connectivity index (χ3v) is 3.93. The lowest BCUT2D eigenvalue weighted by Gasteiger charge is -2.19. The average molecular weight is 257 g/mol. The lowest BCUT2D eigenvalue weighted by atomic mass is 9.96. The average Bonchev–Trinajstić information content (AvgIpc) is 3.01. The van der Waals surface area contributed by atoms with E-state index in [-0.39, 0.29) is 6.04 Å². The Morgan fingerprint density at radius 2 is 2.21 bits per heavy atom. The maximum absolute atomic E-state index is 5.81. The molecule has 1 aromatic carbocycles. The Labute approximate surface area is 113 Å². The van der Waals surface area contributed by atoms with Crippen LogP contribution in [0.5, 0.6) is 5.75 Å². The van der Waals surface area contributed by atoms with E-state index in [4.69, 9.17) is 4.74 Å². The number of ether oxygens (including phenoxy) is 1. The lowest BCUT2D eigenvalue weighted by Crippen LogP contribution is -2.19. The van der Waals surface area contributed by atoms with Gasteiger partial charge in [0.2, 0.25) is 0 Å². The van der Waals surface area contributed by atoms with Gasteiger partial charge in [0.1, 0.15) is 5.75 Å². The maximum Gasteiger partial charge on any atom is 0.127 e. The van der Waals surface area contributed by atoms with Gasteiger partial charge in [-0.25, -0.2) is 0 Å². The van der Waals surface area contributed by atoms with Crippen LogP contribution < -0.4 is 10.1 Å². The van der Waals surface area contributed by atoms with Gasteiger partial charge in [0.15, 0.2) is 0 Å². The van der Waals surface area contributed by atoms with Crippen LogP contribution in [0, 0.1) is 6.92 Å². The Hall–Kier alpha value is -1.81. The summed E-state index contributed by atoms with van der Waals surface area (Å²) in [5.74, 6) is 1.05. The van der Waals surface area contributed by atoms with E-state index >= 15 is 0 Å². The van der Waals surface area contributed by atoms with Crippen molar-refractivity contribution in [3.05, 3.63) is 46.8 Å². The van der Waals surface area contributed by atoms with Crippen LogP contribution in [0.2, 0.25) is 0 Å². The summed E-state index contributed by atoms with van der Waals surface area (Å²) in [6, 6.07) is 6.52. The molecule has 0 spiro atoms. The molecule has 1 atom stereocenters. The summed E-state index contributed by atoms with van der Waals surface area (Å²) in [5, 5.41) is 7.73. The van der Waals surface area contributed by atoms with Crippen molar-refractivity contribution in [3.8, 4) is 5.75 Å². The fraction of sp³-hybridized carbons (Fsp3) is 0.400. The Morgan fingerprint density at radius 3 is 2.89 bits per heavy atom. The topological polar surface area (TPSA) is 39.1 Å². The maximum atomic E-state index is 5.81. The molecular weight excluding hydrogens is 238 g/mol. The first-order valence-corrected chi connectivity index (χ1v) is 6.62. The van der Waals surface area contributed by atoms with Crippen molar-refractivity contribution < 1.29 is 4.74 Å². The molecule has 0 amide bonds. The normalized spacial score (nSPS) is 15.1. The standard InChI is InChI=1S/C15H19N3O/c1-10-13(9-17-18(10)3)14(16-2)12-6-4-5-11-7-8-19-15(11)12/h4-6,9,14,16H,7-8H2,1-3H3. The fourth-order valence-corrected chi connectivity index (χ4v) is 2.75. The number of aryl methyl sites for hydroxylation is 1. The van der Waals surface area contributed by atoms with Gasteiger partial charge in [0, 0.05) is 30.3 Å². The molecule has 0 saturated carbocycles. The second-order valence-corrected chi connectivity index (χ2v) is 4.96. The molecule has 0 fully saturated rings. The smallest absolute Gasteiger partial charge is 0.127 e. The molecule has 1 aromatic heterocycles. The first-order valence-electron chi connectivity index (χ1n) is 6.62. The molecule has 2 aromatic rings. The van der Waals surface area contributed by atoms with E-state index in [9.17, 15) is 0 Å². The van der Waals surface area contributed by atoms with Crippen molar-refractivity contribution in [1.29, 1.82) is 0 Å². The highest BCUT2D eigenvalue weighted by Gasteiger charge is 2.24. The molecule has 0 saturated heterocycles. The van der Waals surface area contributed by atoms with E-state index in [1.54, 1.807) is 0 Å². The van der Waals surface area contributed by atoms with Crippen LogP contribution in [0.15, 0.2) is 24.4 Å². The van der Waals surface area contributed by atoms with Gasteiger partial charge in [-0.3, -0.25) is 4.68 Å². The van der Waals surface area contributed by atoms with Gasteiger partial charge < -0.3 is 10.1 Å². The molecule has 2 heterocycles. The molecule has 1 N–H and O–H groups in total. The van der Waals surface area contributed by atoms with Gasteiger partial charge in [-0.05, 0) is 19.5 Å². The van der Waals surface area contributed by atoms with Gasteiger partial charge in [-0.2, -0.15) is 5.10 Å². The molecule has 0 aliphatic carbocycles. The number of nitrogens with one attached hydrogen (secondary N) is 1.